The number of halogens is 2. The van der Waals surface area contributed by atoms with E-state index in [-0.39, 0.29) is 27.6 Å². The molecule has 0 aromatic carbocycles. The Hall–Kier alpha value is -2.10. The maximum atomic E-state index is 14.8. The summed E-state index contributed by atoms with van der Waals surface area (Å²) in [4.78, 5) is 3.48. The number of pyridine rings is 1. The van der Waals surface area contributed by atoms with E-state index in [1.807, 2.05) is 0 Å². The summed E-state index contributed by atoms with van der Waals surface area (Å²) in [5, 5.41) is 4.37. The summed E-state index contributed by atoms with van der Waals surface area (Å²) in [5.41, 5.74) is -0.451. The molecule has 126 valence electrons. The second-order valence-electron chi connectivity index (χ2n) is 4.92. The lowest BCUT2D eigenvalue weighted by Gasteiger charge is -2.09. The Kier molecular flexibility index (Phi) is 4.48. The van der Waals surface area contributed by atoms with Crippen LogP contribution in [0.25, 0.3) is 11.3 Å². The third-order valence-corrected chi connectivity index (χ3v) is 6.41. The van der Waals surface area contributed by atoms with Crippen molar-refractivity contribution in [3.63, 3.8) is 0 Å². The summed E-state index contributed by atoms with van der Waals surface area (Å²) in [7, 11) is -2.43. The summed E-state index contributed by atoms with van der Waals surface area (Å²) < 4.78 is 55.3. The first-order valence-corrected chi connectivity index (χ1v) is 9.23. The van der Waals surface area contributed by atoms with Gasteiger partial charge in [-0.05, 0) is 30.6 Å². The zero-order chi connectivity index (χ0) is 17.3. The molecule has 24 heavy (non-hydrogen) atoms. The van der Waals surface area contributed by atoms with E-state index in [1.165, 1.54) is 30.6 Å². The zero-order valence-electron chi connectivity index (χ0n) is 12.5. The van der Waals surface area contributed by atoms with Gasteiger partial charge >= 0.3 is 0 Å². The largest absolute Gasteiger partial charge is 0.316 e. The van der Waals surface area contributed by atoms with Crippen LogP contribution in [0.15, 0.2) is 46.2 Å². The van der Waals surface area contributed by atoms with Gasteiger partial charge in [0, 0.05) is 24.5 Å². The van der Waals surface area contributed by atoms with Crippen molar-refractivity contribution in [3.05, 3.63) is 59.4 Å². The molecule has 0 aliphatic carbocycles. The molecule has 0 bridgehead atoms. The molecule has 0 radical (unpaired) electrons. The van der Waals surface area contributed by atoms with Crippen molar-refractivity contribution < 1.29 is 17.2 Å². The van der Waals surface area contributed by atoms with Crippen molar-refractivity contribution in [1.82, 2.24) is 14.3 Å². The number of rotatable bonds is 5. The molecule has 0 atom stereocenters. The van der Waals surface area contributed by atoms with E-state index in [2.05, 4.69) is 10.3 Å². The molecule has 3 aromatic heterocycles. The predicted molar refractivity (Wildman–Crippen MR) is 87.2 cm³/mol. The first-order valence-electron chi connectivity index (χ1n) is 6.91. The topological polar surface area (TPSA) is 64.0 Å². The molecule has 0 aliphatic heterocycles. The van der Waals surface area contributed by atoms with Gasteiger partial charge in [-0.25, -0.2) is 13.3 Å². The van der Waals surface area contributed by atoms with Crippen molar-refractivity contribution in [1.29, 1.82) is 0 Å². The maximum Gasteiger partial charge on any atom is 0.277 e. The van der Waals surface area contributed by atoms with E-state index in [0.717, 1.165) is 15.3 Å². The van der Waals surface area contributed by atoms with Gasteiger partial charge in [0.2, 0.25) is 5.95 Å². The van der Waals surface area contributed by atoms with Crippen LogP contribution < -0.4 is 5.32 Å². The van der Waals surface area contributed by atoms with Crippen LogP contribution in [-0.4, -0.2) is 24.4 Å². The van der Waals surface area contributed by atoms with Crippen LogP contribution in [0.5, 0.6) is 0 Å². The number of thiophene rings is 1. The second kappa shape index (κ2) is 6.42. The summed E-state index contributed by atoms with van der Waals surface area (Å²) >= 11 is 1.01. The Labute approximate surface area is 141 Å². The molecule has 0 aliphatic rings. The highest BCUT2D eigenvalue weighted by molar-refractivity contribution is 7.92. The van der Waals surface area contributed by atoms with Crippen LogP contribution in [0.1, 0.15) is 5.56 Å². The Balaban J connectivity index is 2.30. The summed E-state index contributed by atoms with van der Waals surface area (Å²) in [6.45, 7) is 0.105. The normalized spacial score (nSPS) is 11.8. The van der Waals surface area contributed by atoms with Crippen LogP contribution in [0.3, 0.4) is 0 Å². The summed E-state index contributed by atoms with van der Waals surface area (Å²) in [6.07, 6.45) is 2.38. The molecule has 0 spiro atoms. The fraction of sp³-hybridized carbons (Fsp3) is 0.133. The Morgan fingerprint density at radius 3 is 2.71 bits per heavy atom. The molecule has 0 fully saturated rings. The Morgan fingerprint density at radius 2 is 2.08 bits per heavy atom. The zero-order valence-corrected chi connectivity index (χ0v) is 14.2. The minimum absolute atomic E-state index is 0.0408. The average Bonchev–Trinajstić information content (AvgIpc) is 3.19. The first-order chi connectivity index (χ1) is 11.5. The predicted octanol–water partition coefficient (Wildman–Crippen LogP) is 2.85. The molecule has 1 N–H and O–H groups in total. The van der Waals surface area contributed by atoms with Crippen molar-refractivity contribution >= 4 is 21.4 Å². The molecule has 0 amide bonds. The smallest absolute Gasteiger partial charge is 0.277 e. The molecular weight excluding hydrogens is 356 g/mol. The highest BCUT2D eigenvalue weighted by Gasteiger charge is 2.28. The molecule has 9 heteroatoms. The Bertz CT molecular complexity index is 967. The van der Waals surface area contributed by atoms with Gasteiger partial charge in [-0.3, -0.25) is 0 Å². The first kappa shape index (κ1) is 16.7. The summed E-state index contributed by atoms with van der Waals surface area (Å²) in [6, 6.07) is 5.71. The van der Waals surface area contributed by atoms with Gasteiger partial charge in [-0.2, -0.15) is 12.8 Å². The van der Waals surface area contributed by atoms with Gasteiger partial charge in [0.05, 0.1) is 5.56 Å². The van der Waals surface area contributed by atoms with E-state index in [4.69, 9.17) is 0 Å². The number of nitrogens with zero attached hydrogens (tertiary/aromatic N) is 2. The quantitative estimate of drug-likeness (QED) is 0.703. The third kappa shape index (κ3) is 2.74. The van der Waals surface area contributed by atoms with Gasteiger partial charge < -0.3 is 5.32 Å². The molecule has 0 saturated carbocycles. The van der Waals surface area contributed by atoms with Gasteiger partial charge in [-0.1, -0.05) is 6.07 Å². The lowest BCUT2D eigenvalue weighted by Crippen LogP contribution is -2.13. The standard InChI is InChI=1S/C15H13F2N3O2S2/c1-18-8-10-9-20(24(21,22)12-5-3-7-23-12)14(13(10)16)11-4-2-6-19-15(11)17/h2-7,9,18H,8H2,1H3. The van der Waals surface area contributed by atoms with E-state index < -0.39 is 21.8 Å². The lowest BCUT2D eigenvalue weighted by atomic mass is 10.2. The fourth-order valence-electron chi connectivity index (χ4n) is 2.32. The minimum atomic E-state index is -4.04. The third-order valence-electron chi connectivity index (χ3n) is 3.37. The fourth-order valence-corrected chi connectivity index (χ4v) is 4.79. The van der Waals surface area contributed by atoms with Crippen molar-refractivity contribution in [2.75, 3.05) is 7.05 Å². The van der Waals surface area contributed by atoms with E-state index in [1.54, 1.807) is 18.5 Å². The monoisotopic (exact) mass is 369 g/mol. The molecule has 3 aromatic rings. The number of nitrogens with one attached hydrogen (secondary N) is 1. The molecular formula is C15H13F2N3O2S2. The number of hydrogen-bond donors (Lipinski definition) is 1. The highest BCUT2D eigenvalue weighted by Crippen LogP contribution is 2.32. The van der Waals surface area contributed by atoms with Crippen LogP contribution >= 0.6 is 11.3 Å². The minimum Gasteiger partial charge on any atom is -0.316 e. The van der Waals surface area contributed by atoms with Gasteiger partial charge in [0.15, 0.2) is 5.82 Å². The Morgan fingerprint density at radius 1 is 1.29 bits per heavy atom. The van der Waals surface area contributed by atoms with Crippen molar-refractivity contribution in [2.24, 2.45) is 0 Å². The maximum absolute atomic E-state index is 14.8. The molecule has 0 unspecified atom stereocenters. The van der Waals surface area contributed by atoms with E-state index in [0.29, 0.717) is 0 Å². The summed E-state index contributed by atoms with van der Waals surface area (Å²) in [5.74, 6) is -1.73. The van der Waals surface area contributed by atoms with Crippen molar-refractivity contribution in [2.45, 2.75) is 10.8 Å². The average molecular weight is 369 g/mol. The van der Waals surface area contributed by atoms with Gasteiger partial charge in [0.1, 0.15) is 9.90 Å². The van der Waals surface area contributed by atoms with Crippen LogP contribution in [0, 0.1) is 11.8 Å². The highest BCUT2D eigenvalue weighted by atomic mass is 32.2. The van der Waals surface area contributed by atoms with Gasteiger partial charge in [0.25, 0.3) is 10.0 Å². The SMILES string of the molecule is CNCc1cn(S(=O)(=O)c2cccs2)c(-c2cccnc2F)c1F. The molecule has 0 saturated heterocycles. The molecule has 3 heterocycles. The van der Waals surface area contributed by atoms with Crippen LogP contribution in [-0.2, 0) is 16.6 Å². The number of hydrogen-bond acceptors (Lipinski definition) is 5. The van der Waals surface area contributed by atoms with E-state index in [9.17, 15) is 17.2 Å². The number of aromatic nitrogens is 2. The molecule has 3 rings (SSSR count). The van der Waals surface area contributed by atoms with Crippen LogP contribution in [0.2, 0.25) is 0 Å². The lowest BCUT2D eigenvalue weighted by molar-refractivity contribution is 0.575. The van der Waals surface area contributed by atoms with Crippen LogP contribution in [0.4, 0.5) is 8.78 Å². The van der Waals surface area contributed by atoms with E-state index >= 15 is 0 Å². The molecule has 5 nitrogen and oxygen atoms in total. The van der Waals surface area contributed by atoms with Crippen molar-refractivity contribution in [3.8, 4) is 11.3 Å². The second-order valence-corrected chi connectivity index (χ2v) is 7.91. The van der Waals surface area contributed by atoms with Gasteiger partial charge in [-0.15, -0.1) is 11.3 Å².